The lowest BCUT2D eigenvalue weighted by molar-refractivity contribution is -0.123. The van der Waals surface area contributed by atoms with E-state index < -0.39 is 30.1 Å². The second-order valence-corrected chi connectivity index (χ2v) is 6.38. The molecule has 1 heterocycles. The minimum atomic E-state index is -0.870. The molecule has 0 saturated heterocycles. The predicted octanol–water partition coefficient (Wildman–Crippen LogP) is 1.24. The maximum absolute atomic E-state index is 12.2. The number of fused-ring (bicyclic) bond motifs is 1. The summed E-state index contributed by atoms with van der Waals surface area (Å²) in [4.78, 5) is 47.5. The summed E-state index contributed by atoms with van der Waals surface area (Å²) >= 11 is 0. The van der Waals surface area contributed by atoms with Crippen LogP contribution in [0.2, 0.25) is 0 Å². The first-order chi connectivity index (χ1) is 13.0. The topological polar surface area (TPSA) is 130 Å². The molecule has 1 aromatic heterocycles. The maximum Gasteiger partial charge on any atom is 0.359 e. The Morgan fingerprint density at radius 3 is 2.56 bits per heavy atom. The fourth-order valence-corrected chi connectivity index (χ4v) is 3.10. The van der Waals surface area contributed by atoms with Crippen LogP contribution in [-0.2, 0) is 9.53 Å². The average molecular weight is 372 g/mol. The summed E-state index contributed by atoms with van der Waals surface area (Å²) < 4.78 is 4.91. The third-order valence-electron chi connectivity index (χ3n) is 4.42. The fraction of sp³-hybridized carbons (Fsp3) is 0.389. The van der Waals surface area contributed by atoms with Crippen LogP contribution in [0.5, 0.6) is 0 Å². The highest BCUT2D eigenvalue weighted by Crippen LogP contribution is 2.17. The van der Waals surface area contributed by atoms with Gasteiger partial charge in [-0.2, -0.15) is 5.10 Å². The minimum Gasteiger partial charge on any atom is -0.451 e. The molecule has 1 aliphatic carbocycles. The van der Waals surface area contributed by atoms with Gasteiger partial charge in [-0.3, -0.25) is 14.9 Å². The van der Waals surface area contributed by atoms with Crippen molar-refractivity contribution in [1.82, 2.24) is 20.8 Å². The standard InChI is InChI=1S/C18H20N4O5/c23-14(20-18(26)19-11-6-2-1-3-7-11)10-27-17(25)15-12-8-4-5-9-13(12)16(24)22-21-15/h4-5,8-9,11H,1-3,6-7,10H2,(H,22,24)(H2,19,20,23,26). The molecule has 0 radical (unpaired) electrons. The molecule has 0 atom stereocenters. The van der Waals surface area contributed by atoms with Gasteiger partial charge in [0.1, 0.15) is 0 Å². The van der Waals surface area contributed by atoms with Crippen LogP contribution < -0.4 is 16.2 Å². The molecule has 0 aliphatic heterocycles. The number of aromatic amines is 1. The van der Waals surface area contributed by atoms with Crippen LogP contribution in [-0.4, -0.2) is 40.8 Å². The lowest BCUT2D eigenvalue weighted by atomic mass is 9.96. The first-order valence-corrected chi connectivity index (χ1v) is 8.79. The Balaban J connectivity index is 1.54. The van der Waals surface area contributed by atoms with E-state index in [0.717, 1.165) is 32.1 Å². The van der Waals surface area contributed by atoms with E-state index in [2.05, 4.69) is 20.8 Å². The van der Waals surface area contributed by atoms with Crippen molar-refractivity contribution in [2.75, 3.05) is 6.61 Å². The quantitative estimate of drug-likeness (QED) is 0.692. The van der Waals surface area contributed by atoms with Gasteiger partial charge in [0, 0.05) is 11.4 Å². The number of urea groups is 1. The molecule has 142 valence electrons. The van der Waals surface area contributed by atoms with Crippen molar-refractivity contribution in [2.45, 2.75) is 38.1 Å². The van der Waals surface area contributed by atoms with E-state index in [1.807, 2.05) is 0 Å². The Bertz CT molecular complexity index is 917. The Kier molecular flexibility index (Phi) is 5.80. The van der Waals surface area contributed by atoms with Gasteiger partial charge in [-0.1, -0.05) is 37.5 Å². The Morgan fingerprint density at radius 1 is 1.11 bits per heavy atom. The van der Waals surface area contributed by atoms with Crippen LogP contribution in [0.4, 0.5) is 4.79 Å². The molecule has 1 saturated carbocycles. The number of carbonyl (C=O) groups excluding carboxylic acids is 3. The third-order valence-corrected chi connectivity index (χ3v) is 4.42. The van der Waals surface area contributed by atoms with Crippen molar-refractivity contribution in [2.24, 2.45) is 0 Å². The number of nitrogens with zero attached hydrogens (tertiary/aromatic N) is 1. The van der Waals surface area contributed by atoms with Crippen molar-refractivity contribution in [3.63, 3.8) is 0 Å². The van der Waals surface area contributed by atoms with Crippen LogP contribution in [0.1, 0.15) is 42.6 Å². The summed E-state index contributed by atoms with van der Waals surface area (Å²) in [6, 6.07) is 5.88. The van der Waals surface area contributed by atoms with E-state index in [1.165, 1.54) is 0 Å². The second-order valence-electron chi connectivity index (χ2n) is 6.38. The number of carbonyl (C=O) groups is 3. The van der Waals surface area contributed by atoms with Gasteiger partial charge in [-0.15, -0.1) is 0 Å². The number of hydrogen-bond acceptors (Lipinski definition) is 6. The summed E-state index contributed by atoms with van der Waals surface area (Å²) in [5, 5.41) is 11.4. The molecule has 3 N–H and O–H groups in total. The summed E-state index contributed by atoms with van der Waals surface area (Å²) in [5.74, 6) is -1.62. The highest BCUT2D eigenvalue weighted by Gasteiger charge is 2.19. The Labute approximate surface area is 154 Å². The first-order valence-electron chi connectivity index (χ1n) is 8.79. The molecular formula is C18H20N4O5. The number of imide groups is 1. The van der Waals surface area contributed by atoms with Crippen molar-refractivity contribution >= 4 is 28.7 Å². The molecular weight excluding hydrogens is 352 g/mol. The third kappa shape index (κ3) is 4.69. The lowest BCUT2D eigenvalue weighted by Crippen LogP contribution is -2.46. The largest absolute Gasteiger partial charge is 0.451 e. The van der Waals surface area contributed by atoms with Crippen molar-refractivity contribution in [3.8, 4) is 0 Å². The smallest absolute Gasteiger partial charge is 0.359 e. The molecule has 27 heavy (non-hydrogen) atoms. The summed E-state index contributed by atoms with van der Waals surface area (Å²) in [7, 11) is 0. The number of H-pyrrole nitrogens is 1. The molecule has 1 fully saturated rings. The van der Waals surface area contributed by atoms with Gasteiger partial charge in [0.05, 0.1) is 5.39 Å². The molecule has 0 unspecified atom stereocenters. The molecule has 1 aliphatic rings. The lowest BCUT2D eigenvalue weighted by Gasteiger charge is -2.22. The van der Waals surface area contributed by atoms with Crippen LogP contribution >= 0.6 is 0 Å². The maximum atomic E-state index is 12.2. The van der Waals surface area contributed by atoms with Gasteiger partial charge >= 0.3 is 12.0 Å². The van der Waals surface area contributed by atoms with E-state index in [1.54, 1.807) is 24.3 Å². The van der Waals surface area contributed by atoms with Gasteiger partial charge in [0.2, 0.25) is 0 Å². The van der Waals surface area contributed by atoms with E-state index in [9.17, 15) is 19.2 Å². The first kappa shape index (κ1) is 18.6. The molecule has 0 bridgehead atoms. The average Bonchev–Trinajstić information content (AvgIpc) is 2.67. The monoisotopic (exact) mass is 372 g/mol. The number of hydrogen-bond donors (Lipinski definition) is 3. The zero-order valence-electron chi connectivity index (χ0n) is 14.6. The summed E-state index contributed by atoms with van der Waals surface area (Å²) in [5.41, 5.74) is -0.538. The molecule has 3 rings (SSSR count). The van der Waals surface area contributed by atoms with E-state index in [-0.39, 0.29) is 17.1 Å². The second kappa shape index (κ2) is 8.43. The normalized spacial score (nSPS) is 14.5. The fourth-order valence-electron chi connectivity index (χ4n) is 3.10. The number of nitrogens with one attached hydrogen (secondary N) is 3. The van der Waals surface area contributed by atoms with Gasteiger partial charge < -0.3 is 10.1 Å². The van der Waals surface area contributed by atoms with E-state index in [0.29, 0.717) is 5.39 Å². The number of rotatable bonds is 4. The number of ether oxygens (including phenoxy) is 1. The SMILES string of the molecule is O=C(COC(=O)c1n[nH]c(=O)c2ccccc12)NC(=O)NC1CCCCC1. The van der Waals surface area contributed by atoms with Gasteiger partial charge in [0.15, 0.2) is 12.3 Å². The van der Waals surface area contributed by atoms with Crippen LogP contribution in [0.15, 0.2) is 29.1 Å². The van der Waals surface area contributed by atoms with Crippen molar-refractivity contribution < 1.29 is 19.1 Å². The predicted molar refractivity (Wildman–Crippen MR) is 96.2 cm³/mol. The molecule has 1 aromatic carbocycles. The Hall–Kier alpha value is -3.23. The molecule has 2 aromatic rings. The van der Waals surface area contributed by atoms with Crippen LogP contribution in [0.25, 0.3) is 10.8 Å². The van der Waals surface area contributed by atoms with E-state index in [4.69, 9.17) is 4.74 Å². The zero-order valence-corrected chi connectivity index (χ0v) is 14.6. The van der Waals surface area contributed by atoms with Gasteiger partial charge in [-0.05, 0) is 18.9 Å². The highest BCUT2D eigenvalue weighted by atomic mass is 16.5. The van der Waals surface area contributed by atoms with Crippen molar-refractivity contribution in [1.29, 1.82) is 0 Å². The summed E-state index contributed by atoms with van der Waals surface area (Å²) in [6.07, 6.45) is 5.04. The van der Waals surface area contributed by atoms with Crippen LogP contribution in [0, 0.1) is 0 Å². The highest BCUT2D eigenvalue weighted by molar-refractivity contribution is 6.03. The zero-order chi connectivity index (χ0) is 19.2. The van der Waals surface area contributed by atoms with Gasteiger partial charge in [-0.25, -0.2) is 14.7 Å². The minimum absolute atomic E-state index is 0.0609. The molecule has 3 amide bonds. The van der Waals surface area contributed by atoms with Gasteiger partial charge in [0.25, 0.3) is 11.5 Å². The molecule has 0 spiro atoms. The molecule has 9 nitrogen and oxygen atoms in total. The van der Waals surface area contributed by atoms with E-state index >= 15 is 0 Å². The van der Waals surface area contributed by atoms with Crippen molar-refractivity contribution in [3.05, 3.63) is 40.3 Å². The number of amides is 3. The Morgan fingerprint density at radius 2 is 1.81 bits per heavy atom. The summed E-state index contributed by atoms with van der Waals surface area (Å²) in [6.45, 7) is -0.633. The van der Waals surface area contributed by atoms with Crippen LogP contribution in [0.3, 0.4) is 0 Å². The number of aromatic nitrogens is 2. The number of esters is 1. The molecule has 9 heteroatoms. The number of benzene rings is 1.